The molecule has 0 amide bonds. The number of nitrogens with zero attached hydrogens (tertiary/aromatic N) is 1. The maximum Gasteiger partial charge on any atom is 0.0369 e. The van der Waals surface area contributed by atoms with Gasteiger partial charge in [0.05, 0.1) is 0 Å². The van der Waals surface area contributed by atoms with Crippen LogP contribution in [0.1, 0.15) is 66.2 Å². The van der Waals surface area contributed by atoms with Crippen molar-refractivity contribution in [2.45, 2.75) is 50.4 Å². The molecular weight excluding hydrogens is 302 g/mol. The van der Waals surface area contributed by atoms with Gasteiger partial charge < -0.3 is 4.90 Å². The fourth-order valence-electron chi connectivity index (χ4n) is 5.21. The van der Waals surface area contributed by atoms with E-state index in [1.165, 1.54) is 37.9 Å². The summed E-state index contributed by atoms with van der Waals surface area (Å²) in [5.74, 6) is 1.92. The molecule has 4 aliphatic rings. The van der Waals surface area contributed by atoms with E-state index in [4.69, 9.17) is 0 Å². The molecule has 2 aromatic rings. The van der Waals surface area contributed by atoms with Gasteiger partial charge in [-0.05, 0) is 66.0 Å². The normalized spacial score (nSPS) is 27.4. The fraction of sp³-hybridized carbons (Fsp3) is 0.417. The maximum absolute atomic E-state index is 2.63. The Morgan fingerprint density at radius 1 is 0.880 bits per heavy atom. The quantitative estimate of drug-likeness (QED) is 0.600. The van der Waals surface area contributed by atoms with Crippen molar-refractivity contribution in [3.63, 3.8) is 0 Å². The van der Waals surface area contributed by atoms with Gasteiger partial charge in [0.2, 0.25) is 0 Å². The molecule has 0 aromatic heterocycles. The standard InChI is InChI=1S/C24H27N/c1-17-16-25(14-4-6-18-5-2-3-7-22(17)18)21-12-13-23-19-8-10-20(11-9-19)24(23)15-21/h2-3,5,7-8,10,12-13,15,17,19-20H,4,6,9,11,14,16H2,1H3. The van der Waals surface area contributed by atoms with E-state index in [2.05, 4.69) is 66.4 Å². The van der Waals surface area contributed by atoms with Crippen LogP contribution < -0.4 is 4.90 Å². The van der Waals surface area contributed by atoms with E-state index in [1.807, 2.05) is 0 Å². The average molecular weight is 329 g/mol. The second kappa shape index (κ2) is 6.05. The van der Waals surface area contributed by atoms with E-state index in [0.29, 0.717) is 17.8 Å². The molecule has 3 aliphatic carbocycles. The van der Waals surface area contributed by atoms with Crippen LogP contribution in [0, 0.1) is 0 Å². The molecule has 128 valence electrons. The van der Waals surface area contributed by atoms with Gasteiger partial charge in [-0.1, -0.05) is 49.4 Å². The first-order valence-electron chi connectivity index (χ1n) is 9.94. The number of benzene rings is 2. The highest BCUT2D eigenvalue weighted by atomic mass is 15.1. The molecule has 1 aliphatic heterocycles. The van der Waals surface area contributed by atoms with Crippen LogP contribution in [0.15, 0.2) is 54.6 Å². The maximum atomic E-state index is 2.63. The van der Waals surface area contributed by atoms with Gasteiger partial charge in [0, 0.05) is 30.6 Å². The van der Waals surface area contributed by atoms with Crippen LogP contribution in [0.5, 0.6) is 0 Å². The van der Waals surface area contributed by atoms with Gasteiger partial charge in [-0.2, -0.15) is 0 Å². The number of allylic oxidation sites excluding steroid dienone is 2. The largest absolute Gasteiger partial charge is 0.371 e. The Bertz CT molecular complexity index is 819. The molecule has 0 saturated heterocycles. The molecule has 1 nitrogen and oxygen atoms in total. The summed E-state index contributed by atoms with van der Waals surface area (Å²) in [6.45, 7) is 4.68. The van der Waals surface area contributed by atoms with E-state index in [9.17, 15) is 0 Å². The van der Waals surface area contributed by atoms with E-state index in [-0.39, 0.29) is 0 Å². The molecule has 1 heterocycles. The van der Waals surface area contributed by atoms with Crippen molar-refractivity contribution in [2.24, 2.45) is 0 Å². The Balaban J connectivity index is 1.46. The molecule has 6 rings (SSSR count). The van der Waals surface area contributed by atoms with Crippen molar-refractivity contribution in [1.29, 1.82) is 0 Å². The van der Waals surface area contributed by atoms with Crippen LogP contribution in [0.3, 0.4) is 0 Å². The second-order valence-corrected chi connectivity index (χ2v) is 8.14. The van der Waals surface area contributed by atoms with Crippen LogP contribution in [-0.2, 0) is 6.42 Å². The van der Waals surface area contributed by atoms with Crippen molar-refractivity contribution in [3.05, 3.63) is 76.9 Å². The molecule has 0 N–H and O–H groups in total. The summed E-state index contributed by atoms with van der Waals surface area (Å²) < 4.78 is 0. The van der Waals surface area contributed by atoms with Gasteiger partial charge in [-0.25, -0.2) is 0 Å². The highest BCUT2D eigenvalue weighted by molar-refractivity contribution is 5.56. The van der Waals surface area contributed by atoms with Crippen LogP contribution in [-0.4, -0.2) is 13.1 Å². The van der Waals surface area contributed by atoms with Gasteiger partial charge in [0.25, 0.3) is 0 Å². The van der Waals surface area contributed by atoms with Crippen LogP contribution in [0.2, 0.25) is 0 Å². The highest BCUT2D eigenvalue weighted by Gasteiger charge is 2.29. The van der Waals surface area contributed by atoms with Crippen molar-refractivity contribution in [2.75, 3.05) is 18.0 Å². The first-order valence-corrected chi connectivity index (χ1v) is 9.94. The van der Waals surface area contributed by atoms with Crippen molar-refractivity contribution in [3.8, 4) is 0 Å². The number of rotatable bonds is 1. The third kappa shape index (κ3) is 2.61. The Hall–Kier alpha value is -2.02. The zero-order chi connectivity index (χ0) is 16.8. The predicted molar refractivity (Wildman–Crippen MR) is 106 cm³/mol. The molecule has 3 atom stereocenters. The fourth-order valence-corrected chi connectivity index (χ4v) is 5.21. The predicted octanol–water partition coefficient (Wildman–Crippen LogP) is 5.77. The summed E-state index contributed by atoms with van der Waals surface area (Å²) in [7, 11) is 0. The second-order valence-electron chi connectivity index (χ2n) is 8.14. The SMILES string of the molecule is CC1CN(c2ccc3c(c2)C2C=CC3CC2)CCCc2ccccc21. The number of hydrogen-bond donors (Lipinski definition) is 0. The monoisotopic (exact) mass is 329 g/mol. The molecule has 2 aromatic carbocycles. The van der Waals surface area contributed by atoms with Crippen molar-refractivity contribution in [1.82, 2.24) is 0 Å². The topological polar surface area (TPSA) is 3.24 Å². The zero-order valence-corrected chi connectivity index (χ0v) is 15.1. The molecule has 0 saturated carbocycles. The van der Waals surface area contributed by atoms with Crippen molar-refractivity contribution < 1.29 is 0 Å². The molecule has 0 spiro atoms. The summed E-state index contributed by atoms with van der Waals surface area (Å²) in [4.78, 5) is 2.63. The lowest BCUT2D eigenvalue weighted by molar-refractivity contribution is 0.552. The number of aryl methyl sites for hydroxylation is 1. The lowest BCUT2D eigenvalue weighted by atomic mass is 9.71. The van der Waals surface area contributed by atoms with E-state index in [0.717, 1.165) is 6.54 Å². The van der Waals surface area contributed by atoms with Gasteiger partial charge >= 0.3 is 0 Å². The Kier molecular flexibility index (Phi) is 3.69. The highest BCUT2D eigenvalue weighted by Crippen LogP contribution is 2.46. The van der Waals surface area contributed by atoms with Gasteiger partial charge in [0.15, 0.2) is 0 Å². The lowest BCUT2D eigenvalue weighted by Crippen LogP contribution is -2.31. The molecule has 1 heteroatoms. The minimum Gasteiger partial charge on any atom is -0.371 e. The summed E-state index contributed by atoms with van der Waals surface area (Å²) in [5.41, 5.74) is 7.74. The smallest absolute Gasteiger partial charge is 0.0369 e. The third-order valence-electron chi connectivity index (χ3n) is 6.55. The summed E-state index contributed by atoms with van der Waals surface area (Å²) in [6.07, 6.45) is 10.0. The van der Waals surface area contributed by atoms with Crippen LogP contribution in [0.25, 0.3) is 0 Å². The lowest BCUT2D eigenvalue weighted by Gasteiger charge is -2.36. The van der Waals surface area contributed by atoms with Crippen molar-refractivity contribution >= 4 is 5.69 Å². The molecule has 0 fully saturated rings. The first kappa shape index (κ1) is 15.3. The minimum atomic E-state index is 0.587. The minimum absolute atomic E-state index is 0.587. The van der Waals surface area contributed by atoms with E-state index >= 15 is 0 Å². The number of anilines is 1. The summed E-state index contributed by atoms with van der Waals surface area (Å²) >= 11 is 0. The van der Waals surface area contributed by atoms with E-state index in [1.54, 1.807) is 22.3 Å². The summed E-state index contributed by atoms with van der Waals surface area (Å²) in [6, 6.07) is 16.4. The zero-order valence-electron chi connectivity index (χ0n) is 15.1. The first-order chi connectivity index (χ1) is 12.3. The Labute approximate surface area is 151 Å². The van der Waals surface area contributed by atoms with Crippen LogP contribution in [0.4, 0.5) is 5.69 Å². The third-order valence-corrected chi connectivity index (χ3v) is 6.55. The molecular formula is C24H27N. The molecule has 3 unspecified atom stereocenters. The molecule has 2 bridgehead atoms. The van der Waals surface area contributed by atoms with Gasteiger partial charge in [-0.15, -0.1) is 0 Å². The number of fused-ring (bicyclic) bond motifs is 2. The number of hydrogen-bond acceptors (Lipinski definition) is 1. The summed E-state index contributed by atoms with van der Waals surface area (Å²) in [5, 5.41) is 0. The van der Waals surface area contributed by atoms with Crippen LogP contribution >= 0.6 is 0 Å². The molecule has 0 radical (unpaired) electrons. The Morgan fingerprint density at radius 2 is 1.68 bits per heavy atom. The van der Waals surface area contributed by atoms with Gasteiger partial charge in [-0.3, -0.25) is 0 Å². The Morgan fingerprint density at radius 3 is 2.52 bits per heavy atom. The molecule has 25 heavy (non-hydrogen) atoms. The average Bonchev–Trinajstić information content (AvgIpc) is 2.66. The van der Waals surface area contributed by atoms with E-state index < -0.39 is 0 Å². The van der Waals surface area contributed by atoms with Gasteiger partial charge in [0.1, 0.15) is 0 Å².